The summed E-state index contributed by atoms with van der Waals surface area (Å²) >= 11 is 1.92. The molecule has 1 aliphatic rings. The first-order chi connectivity index (χ1) is 15.2. The van der Waals surface area contributed by atoms with Gasteiger partial charge in [0.05, 0.1) is 17.5 Å². The second-order valence-electron chi connectivity index (χ2n) is 8.20. The van der Waals surface area contributed by atoms with Gasteiger partial charge in [-0.2, -0.15) is 11.8 Å². The van der Waals surface area contributed by atoms with E-state index in [0.717, 1.165) is 39.8 Å². The van der Waals surface area contributed by atoms with E-state index in [9.17, 15) is 10.2 Å². The van der Waals surface area contributed by atoms with Crippen molar-refractivity contribution in [2.24, 2.45) is 0 Å². The zero-order valence-electron chi connectivity index (χ0n) is 17.4. The quantitative estimate of drug-likeness (QED) is 0.325. The Morgan fingerprint density at radius 2 is 1.97 bits per heavy atom. The fourth-order valence-corrected chi connectivity index (χ4v) is 5.96. The van der Waals surface area contributed by atoms with Gasteiger partial charge in [0.2, 0.25) is 0 Å². The van der Waals surface area contributed by atoms with Crippen molar-refractivity contribution >= 4 is 44.3 Å². The first kappa shape index (κ1) is 18.8. The summed E-state index contributed by atoms with van der Waals surface area (Å²) in [5, 5.41) is 25.0. The molecule has 156 valence electrons. The predicted octanol–water partition coefficient (Wildman–Crippen LogP) is 5.80. The molecule has 3 aromatic carbocycles. The molecule has 6 rings (SSSR count). The van der Waals surface area contributed by atoms with Crippen LogP contribution >= 0.6 is 11.8 Å². The number of hydrogen-bond acceptors (Lipinski definition) is 3. The Kier molecular flexibility index (Phi) is 4.30. The normalized spacial score (nSPS) is 12.8. The van der Waals surface area contributed by atoms with Crippen LogP contribution in [0.4, 0.5) is 0 Å². The van der Waals surface area contributed by atoms with Gasteiger partial charge in [-0.25, -0.2) is 0 Å². The molecule has 0 bridgehead atoms. The number of thioether (sulfide) groups is 1. The van der Waals surface area contributed by atoms with Crippen LogP contribution in [0.25, 0.3) is 43.7 Å². The number of benzene rings is 3. The van der Waals surface area contributed by atoms with Crippen LogP contribution in [0.2, 0.25) is 0 Å². The summed E-state index contributed by atoms with van der Waals surface area (Å²) in [6.45, 7) is 2.82. The molecule has 3 N–H and O–H groups in total. The number of fused-ring (bicyclic) bond motifs is 10. The highest BCUT2D eigenvalue weighted by Gasteiger charge is 2.29. The second-order valence-corrected chi connectivity index (χ2v) is 9.48. The van der Waals surface area contributed by atoms with E-state index in [1.807, 2.05) is 18.0 Å². The van der Waals surface area contributed by atoms with Crippen LogP contribution in [0.15, 0.2) is 48.7 Å². The topological polar surface area (TPSA) is 61.2 Å². The zero-order chi connectivity index (χ0) is 21.1. The first-order valence-corrected chi connectivity index (χ1v) is 11.9. The highest BCUT2D eigenvalue weighted by atomic mass is 32.2. The first-order valence-electron chi connectivity index (χ1n) is 10.8. The number of rotatable bonds is 5. The fourth-order valence-electron chi connectivity index (χ4n) is 5.34. The van der Waals surface area contributed by atoms with Gasteiger partial charge in [0.15, 0.2) is 5.88 Å². The number of aliphatic hydroxyl groups excluding tert-OH is 1. The molecule has 4 nitrogen and oxygen atoms in total. The molecule has 0 radical (unpaired) electrons. The van der Waals surface area contributed by atoms with Gasteiger partial charge in [-0.3, -0.25) is 0 Å². The van der Waals surface area contributed by atoms with Crippen molar-refractivity contribution in [1.29, 1.82) is 0 Å². The second kappa shape index (κ2) is 7.08. The Morgan fingerprint density at radius 1 is 1.10 bits per heavy atom. The van der Waals surface area contributed by atoms with Crippen molar-refractivity contribution in [3.8, 4) is 17.0 Å². The minimum Gasteiger partial charge on any atom is -0.494 e. The standard InChI is InChI=1S/C26H24N2O2S/c1-2-31-14-15-7-8-21-18(11-15)23-20-13-27-26(30)24(20)22-17-6-4-3-5-16(17)12-19(22)25(23)28(21)9-10-29/h3-8,11,13,27,29-30H,2,9-10,12,14H2,1H3. The van der Waals surface area contributed by atoms with Gasteiger partial charge in [-0.1, -0.05) is 37.3 Å². The van der Waals surface area contributed by atoms with Gasteiger partial charge in [-0.15, -0.1) is 0 Å². The van der Waals surface area contributed by atoms with Crippen LogP contribution in [0.5, 0.6) is 5.88 Å². The number of hydrogen-bond donors (Lipinski definition) is 3. The molecule has 2 aromatic heterocycles. The van der Waals surface area contributed by atoms with Crippen molar-refractivity contribution in [1.82, 2.24) is 9.55 Å². The summed E-state index contributed by atoms with van der Waals surface area (Å²) in [6, 6.07) is 15.2. The average molecular weight is 429 g/mol. The fraction of sp³-hybridized carbons (Fsp3) is 0.231. The number of aromatic hydroxyl groups is 1. The van der Waals surface area contributed by atoms with E-state index in [0.29, 0.717) is 6.54 Å². The molecule has 0 amide bonds. The van der Waals surface area contributed by atoms with Gasteiger partial charge in [-0.05, 0) is 40.1 Å². The lowest BCUT2D eigenvalue weighted by Crippen LogP contribution is -2.03. The van der Waals surface area contributed by atoms with E-state index in [4.69, 9.17) is 0 Å². The average Bonchev–Trinajstić information content (AvgIpc) is 3.44. The van der Waals surface area contributed by atoms with E-state index < -0.39 is 0 Å². The minimum atomic E-state index is 0.0878. The molecule has 0 saturated heterocycles. The molecular formula is C26H24N2O2S. The van der Waals surface area contributed by atoms with Gasteiger partial charge >= 0.3 is 0 Å². The van der Waals surface area contributed by atoms with Crippen LogP contribution in [0.1, 0.15) is 23.6 Å². The Labute approximate surface area is 184 Å². The monoisotopic (exact) mass is 428 g/mol. The molecule has 0 saturated carbocycles. The number of H-pyrrole nitrogens is 1. The lowest BCUT2D eigenvalue weighted by Gasteiger charge is -2.11. The van der Waals surface area contributed by atoms with E-state index in [1.54, 1.807) is 0 Å². The predicted molar refractivity (Wildman–Crippen MR) is 130 cm³/mol. The van der Waals surface area contributed by atoms with Gasteiger partial charge in [0.1, 0.15) is 0 Å². The maximum Gasteiger partial charge on any atom is 0.197 e. The van der Waals surface area contributed by atoms with Crippen molar-refractivity contribution in [3.05, 3.63) is 65.4 Å². The summed E-state index contributed by atoms with van der Waals surface area (Å²) in [5.74, 6) is 2.30. The molecule has 1 aliphatic carbocycles. The third kappa shape index (κ3) is 2.60. The molecule has 31 heavy (non-hydrogen) atoms. The summed E-state index contributed by atoms with van der Waals surface area (Å²) in [5.41, 5.74) is 8.47. The molecule has 5 aromatic rings. The van der Waals surface area contributed by atoms with Crippen molar-refractivity contribution < 1.29 is 10.2 Å². The highest BCUT2D eigenvalue weighted by molar-refractivity contribution is 7.98. The Morgan fingerprint density at radius 3 is 2.81 bits per heavy atom. The van der Waals surface area contributed by atoms with Gasteiger partial charge in [0, 0.05) is 52.2 Å². The third-order valence-corrected chi connectivity index (χ3v) is 7.49. The number of aliphatic hydroxyl groups is 1. The van der Waals surface area contributed by atoms with E-state index in [-0.39, 0.29) is 12.5 Å². The van der Waals surface area contributed by atoms with Gasteiger partial charge < -0.3 is 19.8 Å². The van der Waals surface area contributed by atoms with Crippen LogP contribution in [-0.4, -0.2) is 32.1 Å². The molecule has 0 fully saturated rings. The van der Waals surface area contributed by atoms with E-state index in [1.165, 1.54) is 38.5 Å². The maximum absolute atomic E-state index is 10.8. The lowest BCUT2D eigenvalue weighted by atomic mass is 9.96. The molecule has 0 spiro atoms. The molecular weight excluding hydrogens is 404 g/mol. The minimum absolute atomic E-state index is 0.0878. The van der Waals surface area contributed by atoms with Crippen LogP contribution in [0, 0.1) is 0 Å². The zero-order valence-corrected chi connectivity index (χ0v) is 18.2. The smallest absolute Gasteiger partial charge is 0.197 e. The molecule has 0 unspecified atom stereocenters. The van der Waals surface area contributed by atoms with Gasteiger partial charge in [0.25, 0.3) is 0 Å². The summed E-state index contributed by atoms with van der Waals surface area (Å²) < 4.78 is 2.27. The molecule has 0 aliphatic heterocycles. The van der Waals surface area contributed by atoms with Crippen LogP contribution in [0.3, 0.4) is 0 Å². The number of nitrogens with one attached hydrogen (secondary N) is 1. The third-order valence-electron chi connectivity index (χ3n) is 6.54. The summed E-state index contributed by atoms with van der Waals surface area (Å²) in [4.78, 5) is 3.08. The largest absolute Gasteiger partial charge is 0.494 e. The highest BCUT2D eigenvalue weighted by Crippen LogP contribution is 2.50. The molecule has 2 heterocycles. The number of aromatic amines is 1. The van der Waals surface area contributed by atoms with Crippen LogP contribution < -0.4 is 0 Å². The number of aromatic nitrogens is 2. The Bertz CT molecular complexity index is 1480. The Balaban J connectivity index is 1.80. The Hall–Kier alpha value is -2.89. The SMILES string of the molecule is CCSCc1ccc2c(c1)c1c3c[nH]c(O)c3c3c(c1n2CCO)Cc1ccccc1-3. The summed E-state index contributed by atoms with van der Waals surface area (Å²) in [7, 11) is 0. The van der Waals surface area contributed by atoms with E-state index >= 15 is 0 Å². The van der Waals surface area contributed by atoms with Crippen molar-refractivity contribution in [3.63, 3.8) is 0 Å². The van der Waals surface area contributed by atoms with Crippen LogP contribution in [-0.2, 0) is 18.7 Å². The van der Waals surface area contributed by atoms with Crippen molar-refractivity contribution in [2.75, 3.05) is 12.4 Å². The molecule has 5 heteroatoms. The number of nitrogens with zero attached hydrogens (tertiary/aromatic N) is 1. The van der Waals surface area contributed by atoms with E-state index in [2.05, 4.69) is 58.9 Å². The lowest BCUT2D eigenvalue weighted by molar-refractivity contribution is 0.280. The van der Waals surface area contributed by atoms with Crippen molar-refractivity contribution in [2.45, 2.75) is 25.6 Å². The summed E-state index contributed by atoms with van der Waals surface area (Å²) in [6.07, 6.45) is 2.77. The molecule has 0 atom stereocenters. The maximum atomic E-state index is 10.8.